The maximum absolute atomic E-state index is 11.7. The van der Waals surface area contributed by atoms with Gasteiger partial charge in [0, 0.05) is 6.42 Å². The molecule has 0 radical (unpaired) electrons. The summed E-state index contributed by atoms with van der Waals surface area (Å²) in [5, 5.41) is 0. The molecule has 0 bridgehead atoms. The summed E-state index contributed by atoms with van der Waals surface area (Å²) in [6, 6.07) is 1.19. The molecule has 0 spiro atoms. The molecule has 4 nitrogen and oxygen atoms in total. The molecule has 0 atom stereocenters. The fourth-order valence-electron chi connectivity index (χ4n) is 1.43. The second-order valence-corrected chi connectivity index (χ2v) is 3.24. The van der Waals surface area contributed by atoms with Crippen LogP contribution in [0.2, 0.25) is 0 Å². The summed E-state index contributed by atoms with van der Waals surface area (Å²) in [5.74, 6) is 0.551. The average molecular weight is 210 g/mol. The fourth-order valence-corrected chi connectivity index (χ4v) is 1.43. The van der Waals surface area contributed by atoms with Gasteiger partial charge < -0.3 is 9.15 Å². The summed E-state index contributed by atoms with van der Waals surface area (Å²) in [4.78, 5) is 22.8. The molecule has 15 heavy (non-hydrogen) atoms. The summed E-state index contributed by atoms with van der Waals surface area (Å²) in [6.45, 7) is 3.51. The quantitative estimate of drug-likeness (QED) is 0.712. The lowest BCUT2D eigenvalue weighted by molar-refractivity contribution is 0.0975. The van der Waals surface area contributed by atoms with Crippen LogP contribution in [0.1, 0.15) is 35.9 Å². The Balaban J connectivity index is 3.26. The van der Waals surface area contributed by atoms with Crippen molar-refractivity contribution in [3.63, 3.8) is 0 Å². The molecular formula is C11H14O4. The lowest BCUT2D eigenvalue weighted by atomic mass is 10.1. The molecule has 1 aromatic heterocycles. The highest BCUT2D eigenvalue weighted by Crippen LogP contribution is 2.21. The second kappa shape index (κ2) is 4.77. The summed E-state index contributed by atoms with van der Waals surface area (Å²) in [6.07, 6.45) is 1.17. The Morgan fingerprint density at radius 1 is 1.53 bits per heavy atom. The maximum atomic E-state index is 11.7. The molecule has 0 fully saturated rings. The Bertz CT molecular complexity index is 417. The monoisotopic (exact) mass is 210 g/mol. The highest BCUT2D eigenvalue weighted by molar-refractivity contribution is 5.99. The van der Waals surface area contributed by atoms with Crippen LogP contribution >= 0.6 is 0 Å². The van der Waals surface area contributed by atoms with E-state index in [0.29, 0.717) is 23.5 Å². The van der Waals surface area contributed by atoms with Gasteiger partial charge in [-0.25, -0.2) is 4.79 Å². The number of aryl methyl sites for hydroxylation is 1. The van der Waals surface area contributed by atoms with Crippen LogP contribution in [0.15, 0.2) is 15.3 Å². The maximum Gasteiger partial charge on any atom is 0.339 e. The van der Waals surface area contributed by atoms with E-state index in [1.807, 2.05) is 6.92 Å². The van der Waals surface area contributed by atoms with Crippen molar-refractivity contribution in [3.8, 4) is 5.75 Å². The van der Waals surface area contributed by atoms with Gasteiger partial charge in [-0.05, 0) is 13.3 Å². The van der Waals surface area contributed by atoms with Gasteiger partial charge in [0.25, 0.3) is 0 Å². The first-order valence-corrected chi connectivity index (χ1v) is 4.82. The van der Waals surface area contributed by atoms with E-state index < -0.39 is 5.63 Å². The standard InChI is InChI=1S/C11H14O4/c1-4-5-8(12)11-7(2)15-10(13)6-9(11)14-3/h6H,4-5H2,1-3H3. The zero-order valence-corrected chi connectivity index (χ0v) is 9.12. The van der Waals surface area contributed by atoms with Gasteiger partial charge in [-0.1, -0.05) is 6.92 Å². The van der Waals surface area contributed by atoms with Gasteiger partial charge in [0.15, 0.2) is 5.78 Å². The van der Waals surface area contributed by atoms with Crippen molar-refractivity contribution in [2.45, 2.75) is 26.7 Å². The lowest BCUT2D eigenvalue weighted by Crippen LogP contribution is -2.09. The van der Waals surface area contributed by atoms with Crippen molar-refractivity contribution < 1.29 is 13.9 Å². The molecule has 1 aromatic rings. The minimum absolute atomic E-state index is 0.0596. The molecule has 82 valence electrons. The number of carbonyl (C=O) groups excluding carboxylic acids is 1. The molecular weight excluding hydrogens is 196 g/mol. The first-order chi connectivity index (χ1) is 7.10. The number of methoxy groups -OCH3 is 1. The van der Waals surface area contributed by atoms with E-state index in [-0.39, 0.29) is 5.78 Å². The average Bonchev–Trinajstić information content (AvgIpc) is 2.16. The summed E-state index contributed by atoms with van der Waals surface area (Å²) >= 11 is 0. The minimum Gasteiger partial charge on any atom is -0.496 e. The molecule has 0 aliphatic rings. The Hall–Kier alpha value is -1.58. The number of rotatable bonds is 4. The van der Waals surface area contributed by atoms with Crippen molar-refractivity contribution in [2.75, 3.05) is 7.11 Å². The summed E-state index contributed by atoms with van der Waals surface area (Å²) < 4.78 is 9.86. The highest BCUT2D eigenvalue weighted by atomic mass is 16.5. The van der Waals surface area contributed by atoms with Crippen LogP contribution in [0, 0.1) is 6.92 Å². The Morgan fingerprint density at radius 3 is 2.73 bits per heavy atom. The smallest absolute Gasteiger partial charge is 0.339 e. The third kappa shape index (κ3) is 2.46. The zero-order valence-electron chi connectivity index (χ0n) is 9.12. The molecule has 0 aliphatic heterocycles. The Morgan fingerprint density at radius 2 is 2.20 bits per heavy atom. The molecule has 0 saturated heterocycles. The topological polar surface area (TPSA) is 56.5 Å². The first kappa shape index (κ1) is 11.5. The molecule has 0 aromatic carbocycles. The third-order valence-electron chi connectivity index (χ3n) is 2.08. The van der Waals surface area contributed by atoms with Crippen molar-refractivity contribution >= 4 is 5.78 Å². The van der Waals surface area contributed by atoms with Crippen molar-refractivity contribution in [1.29, 1.82) is 0 Å². The van der Waals surface area contributed by atoms with Gasteiger partial charge in [-0.3, -0.25) is 4.79 Å². The van der Waals surface area contributed by atoms with E-state index >= 15 is 0 Å². The highest BCUT2D eigenvalue weighted by Gasteiger charge is 2.17. The van der Waals surface area contributed by atoms with Crippen molar-refractivity contribution in [1.82, 2.24) is 0 Å². The SMILES string of the molecule is CCCC(=O)c1c(OC)cc(=O)oc1C. The van der Waals surface area contributed by atoms with Crippen LogP contribution in [-0.4, -0.2) is 12.9 Å². The minimum atomic E-state index is -0.502. The summed E-state index contributed by atoms with van der Waals surface area (Å²) in [5.41, 5.74) is -0.128. The zero-order chi connectivity index (χ0) is 11.4. The van der Waals surface area contributed by atoms with Gasteiger partial charge in [0.1, 0.15) is 11.5 Å². The van der Waals surface area contributed by atoms with Crippen LogP contribution in [0.5, 0.6) is 5.75 Å². The van der Waals surface area contributed by atoms with Gasteiger partial charge in [0.05, 0.1) is 18.7 Å². The van der Waals surface area contributed by atoms with E-state index in [0.717, 1.165) is 6.42 Å². The number of carbonyl (C=O) groups is 1. The van der Waals surface area contributed by atoms with E-state index in [2.05, 4.69) is 0 Å². The number of Topliss-reactive ketones (excluding diaryl/α,β-unsaturated/α-hetero) is 1. The number of hydrogen-bond acceptors (Lipinski definition) is 4. The molecule has 0 unspecified atom stereocenters. The largest absolute Gasteiger partial charge is 0.496 e. The number of ketones is 1. The van der Waals surface area contributed by atoms with Crippen LogP contribution in [-0.2, 0) is 0 Å². The van der Waals surface area contributed by atoms with Crippen LogP contribution in [0.3, 0.4) is 0 Å². The van der Waals surface area contributed by atoms with Gasteiger partial charge in [-0.15, -0.1) is 0 Å². The molecule has 0 saturated carbocycles. The van der Waals surface area contributed by atoms with Gasteiger partial charge in [-0.2, -0.15) is 0 Å². The van der Waals surface area contributed by atoms with Crippen molar-refractivity contribution in [2.24, 2.45) is 0 Å². The van der Waals surface area contributed by atoms with Crippen LogP contribution in [0.25, 0.3) is 0 Å². The Kier molecular flexibility index (Phi) is 3.66. The molecule has 1 heterocycles. The van der Waals surface area contributed by atoms with Crippen LogP contribution in [0.4, 0.5) is 0 Å². The van der Waals surface area contributed by atoms with Crippen LogP contribution < -0.4 is 10.4 Å². The fraction of sp³-hybridized carbons (Fsp3) is 0.455. The summed E-state index contributed by atoms with van der Waals surface area (Å²) in [7, 11) is 1.43. The molecule has 1 rings (SSSR count). The Labute approximate surface area is 87.9 Å². The molecule has 0 aliphatic carbocycles. The van der Waals surface area contributed by atoms with E-state index in [4.69, 9.17) is 9.15 Å². The molecule has 4 heteroatoms. The number of hydrogen-bond donors (Lipinski definition) is 0. The van der Waals surface area contributed by atoms with E-state index in [9.17, 15) is 9.59 Å². The predicted molar refractivity (Wildman–Crippen MR) is 55.5 cm³/mol. The van der Waals surface area contributed by atoms with Gasteiger partial charge in [0.2, 0.25) is 0 Å². The van der Waals surface area contributed by atoms with Crippen molar-refractivity contribution in [3.05, 3.63) is 27.8 Å². The first-order valence-electron chi connectivity index (χ1n) is 4.82. The second-order valence-electron chi connectivity index (χ2n) is 3.24. The van der Waals surface area contributed by atoms with E-state index in [1.54, 1.807) is 6.92 Å². The number of ether oxygens (including phenoxy) is 1. The normalized spacial score (nSPS) is 10.1. The van der Waals surface area contributed by atoms with Gasteiger partial charge >= 0.3 is 5.63 Å². The lowest BCUT2D eigenvalue weighted by Gasteiger charge is -2.07. The van der Waals surface area contributed by atoms with E-state index in [1.165, 1.54) is 13.2 Å². The molecule has 0 amide bonds. The third-order valence-corrected chi connectivity index (χ3v) is 2.08. The predicted octanol–water partition coefficient (Wildman–Crippen LogP) is 1.94. The molecule has 0 N–H and O–H groups in total.